The minimum absolute atomic E-state index is 0.272. The highest BCUT2D eigenvalue weighted by Crippen LogP contribution is 2.15. The molecule has 2 aromatic heterocycles. The molecule has 108 valence electrons. The van der Waals surface area contributed by atoms with E-state index in [1.807, 2.05) is 24.9 Å². The molecule has 0 unspecified atom stereocenters. The second-order valence-electron chi connectivity index (χ2n) is 4.07. The van der Waals surface area contributed by atoms with Crippen LogP contribution in [0.15, 0.2) is 17.5 Å². The van der Waals surface area contributed by atoms with Crippen LogP contribution < -0.4 is 20.9 Å². The zero-order valence-corrected chi connectivity index (χ0v) is 12.4. The molecule has 0 fully saturated rings. The van der Waals surface area contributed by atoms with Crippen LogP contribution in [0.1, 0.15) is 11.8 Å². The summed E-state index contributed by atoms with van der Waals surface area (Å²) < 4.78 is 5.31. The Bertz CT molecular complexity index is 533. The van der Waals surface area contributed by atoms with Gasteiger partial charge in [0.05, 0.1) is 6.61 Å². The fourth-order valence-electron chi connectivity index (χ4n) is 1.61. The van der Waals surface area contributed by atoms with Gasteiger partial charge in [-0.15, -0.1) is 11.3 Å². The van der Waals surface area contributed by atoms with E-state index in [9.17, 15) is 0 Å². The third kappa shape index (κ3) is 3.78. The average Bonchev–Trinajstić information content (AvgIpc) is 2.98. The monoisotopic (exact) mass is 294 g/mol. The van der Waals surface area contributed by atoms with Crippen LogP contribution in [0.5, 0.6) is 6.01 Å². The summed E-state index contributed by atoms with van der Waals surface area (Å²) in [6.07, 6.45) is 0.940. The van der Waals surface area contributed by atoms with Crippen molar-refractivity contribution >= 4 is 23.2 Å². The molecule has 0 saturated carbocycles. The molecule has 0 saturated heterocycles. The van der Waals surface area contributed by atoms with Gasteiger partial charge < -0.3 is 9.64 Å². The van der Waals surface area contributed by atoms with Gasteiger partial charge in [-0.2, -0.15) is 15.0 Å². The van der Waals surface area contributed by atoms with Gasteiger partial charge in [0, 0.05) is 18.5 Å². The third-order valence-corrected chi connectivity index (χ3v) is 3.56. The maximum atomic E-state index is 5.36. The van der Waals surface area contributed by atoms with E-state index in [2.05, 4.69) is 31.8 Å². The molecule has 0 atom stereocenters. The molecule has 20 heavy (non-hydrogen) atoms. The molecule has 2 aromatic rings. The standard InChI is InChI=1S/C12H18N6OS/c1-3-19-12-15-10(17-13)14-11(16-12)18(2)7-6-9-5-4-8-20-9/h4-5,8H,3,6-7,13H2,1-2H3,(H,14,15,16,17). The SMILES string of the molecule is CCOc1nc(NN)nc(N(C)CCc2cccs2)n1. The van der Waals surface area contributed by atoms with Crippen LogP contribution in [0.2, 0.25) is 0 Å². The Labute approximate surface area is 121 Å². The van der Waals surface area contributed by atoms with Crippen molar-refractivity contribution in [1.29, 1.82) is 0 Å². The Balaban J connectivity index is 2.07. The molecule has 2 heterocycles. The van der Waals surface area contributed by atoms with E-state index >= 15 is 0 Å². The first-order valence-electron chi connectivity index (χ1n) is 6.32. The van der Waals surface area contributed by atoms with Crippen molar-refractivity contribution in [2.45, 2.75) is 13.3 Å². The van der Waals surface area contributed by atoms with Crippen LogP contribution in [-0.2, 0) is 6.42 Å². The highest BCUT2D eigenvalue weighted by atomic mass is 32.1. The molecule has 0 radical (unpaired) electrons. The number of hydrogen-bond donors (Lipinski definition) is 2. The zero-order valence-electron chi connectivity index (χ0n) is 11.5. The second kappa shape index (κ2) is 7.01. The lowest BCUT2D eigenvalue weighted by Gasteiger charge is -2.17. The average molecular weight is 294 g/mol. The molecule has 0 aliphatic rings. The number of rotatable bonds is 7. The van der Waals surface area contributed by atoms with Gasteiger partial charge in [0.1, 0.15) is 0 Å². The smallest absolute Gasteiger partial charge is 0.323 e. The number of thiophene rings is 1. The summed E-state index contributed by atoms with van der Waals surface area (Å²) in [5.74, 6) is 6.19. The zero-order chi connectivity index (χ0) is 14.4. The largest absolute Gasteiger partial charge is 0.464 e. The summed E-state index contributed by atoms with van der Waals surface area (Å²) in [6.45, 7) is 3.17. The van der Waals surface area contributed by atoms with Crippen LogP contribution in [0.3, 0.4) is 0 Å². The van der Waals surface area contributed by atoms with Gasteiger partial charge in [-0.1, -0.05) is 6.07 Å². The van der Waals surface area contributed by atoms with Crippen LogP contribution in [0, 0.1) is 0 Å². The van der Waals surface area contributed by atoms with E-state index in [1.54, 1.807) is 11.3 Å². The minimum Gasteiger partial charge on any atom is -0.464 e. The predicted octanol–water partition coefficient (Wildman–Crippen LogP) is 1.30. The van der Waals surface area contributed by atoms with E-state index in [0.29, 0.717) is 18.5 Å². The van der Waals surface area contributed by atoms with E-state index in [1.165, 1.54) is 4.88 Å². The van der Waals surface area contributed by atoms with Crippen LogP contribution >= 0.6 is 11.3 Å². The van der Waals surface area contributed by atoms with Gasteiger partial charge >= 0.3 is 6.01 Å². The fraction of sp³-hybridized carbons (Fsp3) is 0.417. The van der Waals surface area contributed by atoms with Crippen molar-refractivity contribution in [3.63, 3.8) is 0 Å². The van der Waals surface area contributed by atoms with E-state index in [0.717, 1.165) is 13.0 Å². The van der Waals surface area contributed by atoms with Crippen LogP contribution in [0.25, 0.3) is 0 Å². The van der Waals surface area contributed by atoms with Crippen molar-refractivity contribution in [2.75, 3.05) is 30.5 Å². The molecule has 0 bridgehead atoms. The van der Waals surface area contributed by atoms with Crippen molar-refractivity contribution in [2.24, 2.45) is 5.84 Å². The molecule has 3 N–H and O–H groups in total. The number of nitrogen functional groups attached to an aromatic ring is 1. The van der Waals surface area contributed by atoms with Crippen molar-refractivity contribution in [3.8, 4) is 6.01 Å². The molecule has 7 nitrogen and oxygen atoms in total. The van der Waals surface area contributed by atoms with Crippen molar-refractivity contribution in [1.82, 2.24) is 15.0 Å². The lowest BCUT2D eigenvalue weighted by molar-refractivity contribution is 0.312. The van der Waals surface area contributed by atoms with Gasteiger partial charge in [0.2, 0.25) is 11.9 Å². The Morgan fingerprint density at radius 3 is 2.90 bits per heavy atom. The topological polar surface area (TPSA) is 89.2 Å². The van der Waals surface area contributed by atoms with Crippen molar-refractivity contribution < 1.29 is 4.74 Å². The molecular weight excluding hydrogens is 276 g/mol. The molecule has 0 amide bonds. The van der Waals surface area contributed by atoms with Gasteiger partial charge in [0.15, 0.2) is 0 Å². The molecule has 0 spiro atoms. The molecular formula is C12H18N6OS. The van der Waals surface area contributed by atoms with Crippen LogP contribution in [0.4, 0.5) is 11.9 Å². The number of aromatic nitrogens is 3. The lowest BCUT2D eigenvalue weighted by atomic mass is 10.3. The number of nitrogens with two attached hydrogens (primary N) is 1. The second-order valence-corrected chi connectivity index (χ2v) is 5.10. The number of hydrazine groups is 1. The van der Waals surface area contributed by atoms with E-state index in [4.69, 9.17) is 10.6 Å². The quantitative estimate of drug-likeness (QED) is 0.587. The summed E-state index contributed by atoms with van der Waals surface area (Å²) in [7, 11) is 1.93. The predicted molar refractivity (Wildman–Crippen MR) is 80.1 cm³/mol. The van der Waals surface area contributed by atoms with E-state index < -0.39 is 0 Å². The Kier molecular flexibility index (Phi) is 5.08. The van der Waals surface area contributed by atoms with Crippen LogP contribution in [-0.4, -0.2) is 35.2 Å². The number of anilines is 2. The number of hydrogen-bond acceptors (Lipinski definition) is 8. The number of nitrogens with zero attached hydrogens (tertiary/aromatic N) is 4. The van der Waals surface area contributed by atoms with Crippen molar-refractivity contribution in [3.05, 3.63) is 22.4 Å². The molecule has 0 aliphatic carbocycles. The summed E-state index contributed by atoms with van der Waals surface area (Å²) in [6, 6.07) is 4.44. The summed E-state index contributed by atoms with van der Waals surface area (Å²) in [5, 5.41) is 2.07. The van der Waals surface area contributed by atoms with E-state index in [-0.39, 0.29) is 6.01 Å². The normalized spacial score (nSPS) is 10.3. The maximum Gasteiger partial charge on any atom is 0.323 e. The molecule has 8 heteroatoms. The maximum absolute atomic E-state index is 5.36. The fourth-order valence-corrected chi connectivity index (χ4v) is 2.31. The number of likely N-dealkylation sites (N-methyl/N-ethyl adjacent to an activating group) is 1. The first-order chi connectivity index (χ1) is 9.72. The Morgan fingerprint density at radius 2 is 2.25 bits per heavy atom. The minimum atomic E-state index is 0.272. The first kappa shape index (κ1) is 14.5. The Hall–Kier alpha value is -1.93. The van der Waals surface area contributed by atoms with Gasteiger partial charge in [-0.3, -0.25) is 5.43 Å². The molecule has 2 rings (SSSR count). The first-order valence-corrected chi connectivity index (χ1v) is 7.20. The summed E-state index contributed by atoms with van der Waals surface area (Å²) in [4.78, 5) is 15.8. The molecule has 0 aromatic carbocycles. The molecule has 0 aliphatic heterocycles. The summed E-state index contributed by atoms with van der Waals surface area (Å²) in [5.41, 5.74) is 2.42. The number of ether oxygens (including phenoxy) is 1. The summed E-state index contributed by atoms with van der Waals surface area (Å²) >= 11 is 1.74. The third-order valence-electron chi connectivity index (χ3n) is 2.62. The van der Waals surface area contributed by atoms with Gasteiger partial charge in [-0.05, 0) is 24.8 Å². The lowest BCUT2D eigenvalue weighted by Crippen LogP contribution is -2.24. The van der Waals surface area contributed by atoms with Gasteiger partial charge in [-0.25, -0.2) is 5.84 Å². The van der Waals surface area contributed by atoms with Gasteiger partial charge in [0.25, 0.3) is 0 Å². The Morgan fingerprint density at radius 1 is 1.40 bits per heavy atom. The number of nitrogens with one attached hydrogen (secondary N) is 1. The highest BCUT2D eigenvalue weighted by Gasteiger charge is 2.10. The highest BCUT2D eigenvalue weighted by molar-refractivity contribution is 7.09.